The van der Waals surface area contributed by atoms with Gasteiger partial charge in [-0.05, 0) is 50.3 Å². The van der Waals surface area contributed by atoms with E-state index in [1.807, 2.05) is 6.07 Å². The number of halogens is 1. The summed E-state index contributed by atoms with van der Waals surface area (Å²) >= 11 is 0. The Morgan fingerprint density at radius 3 is 3.00 bits per heavy atom. The third kappa shape index (κ3) is 2.35. The van der Waals surface area contributed by atoms with Gasteiger partial charge in [-0.25, -0.2) is 4.39 Å². The van der Waals surface area contributed by atoms with Crippen LogP contribution in [0.15, 0.2) is 12.1 Å². The van der Waals surface area contributed by atoms with Crippen molar-refractivity contribution in [2.75, 3.05) is 13.2 Å². The summed E-state index contributed by atoms with van der Waals surface area (Å²) in [6.45, 7) is 1.37. The van der Waals surface area contributed by atoms with Gasteiger partial charge in [0.05, 0.1) is 6.61 Å². The molecule has 0 aliphatic carbocycles. The van der Waals surface area contributed by atoms with Gasteiger partial charge in [-0.1, -0.05) is 6.07 Å². The highest BCUT2D eigenvalue weighted by molar-refractivity contribution is 5.43. The molecule has 0 saturated heterocycles. The molecular weight excluding hydrogens is 205 g/mol. The Bertz CT molecular complexity index is 365. The highest BCUT2D eigenvalue weighted by atomic mass is 19.1. The second kappa shape index (κ2) is 5.30. The second-order valence-electron chi connectivity index (χ2n) is 4.21. The molecule has 2 rings (SSSR count). The molecule has 0 atom stereocenters. The van der Waals surface area contributed by atoms with Gasteiger partial charge in [-0.15, -0.1) is 0 Å². The molecule has 16 heavy (non-hydrogen) atoms. The average molecular weight is 223 g/mol. The maximum atomic E-state index is 13.7. The van der Waals surface area contributed by atoms with Gasteiger partial charge in [0.25, 0.3) is 0 Å². The number of unbranched alkanes of at least 4 members (excludes halogenated alkanes) is 1. The topological polar surface area (TPSA) is 35.2 Å². The van der Waals surface area contributed by atoms with Crippen molar-refractivity contribution >= 4 is 0 Å². The predicted molar refractivity (Wildman–Crippen MR) is 62.2 cm³/mol. The molecule has 2 nitrogen and oxygen atoms in total. The zero-order valence-electron chi connectivity index (χ0n) is 9.47. The first-order chi connectivity index (χ1) is 7.83. The van der Waals surface area contributed by atoms with Crippen LogP contribution < -0.4 is 10.5 Å². The highest BCUT2D eigenvalue weighted by Gasteiger charge is 2.17. The molecule has 1 aromatic carbocycles. The first-order valence-electron chi connectivity index (χ1n) is 5.96. The van der Waals surface area contributed by atoms with Gasteiger partial charge in [0.15, 0.2) is 0 Å². The zero-order valence-corrected chi connectivity index (χ0v) is 9.47. The van der Waals surface area contributed by atoms with E-state index in [1.54, 1.807) is 6.07 Å². The Kier molecular flexibility index (Phi) is 3.78. The van der Waals surface area contributed by atoms with Crippen LogP contribution in [0.25, 0.3) is 0 Å². The molecule has 0 bridgehead atoms. The molecule has 1 aromatic rings. The molecule has 1 aliphatic heterocycles. The molecule has 3 heteroatoms. The van der Waals surface area contributed by atoms with E-state index >= 15 is 0 Å². The smallest absolute Gasteiger partial charge is 0.130 e. The molecule has 0 amide bonds. The Morgan fingerprint density at radius 2 is 2.19 bits per heavy atom. The van der Waals surface area contributed by atoms with Crippen molar-refractivity contribution in [2.24, 2.45) is 5.73 Å². The molecule has 1 heterocycles. The third-order valence-electron chi connectivity index (χ3n) is 3.00. The molecule has 0 spiro atoms. The van der Waals surface area contributed by atoms with E-state index in [1.165, 1.54) is 0 Å². The molecule has 0 saturated carbocycles. The van der Waals surface area contributed by atoms with Crippen LogP contribution in [0.2, 0.25) is 0 Å². The number of hydrogen-bond donors (Lipinski definition) is 1. The van der Waals surface area contributed by atoms with Gasteiger partial charge < -0.3 is 10.5 Å². The maximum Gasteiger partial charge on any atom is 0.130 e. The SMILES string of the molecule is NCCCCc1c(F)ccc2c1OCCC2. The molecular formula is C13H18FNO. The molecule has 0 aromatic heterocycles. The van der Waals surface area contributed by atoms with Crippen LogP contribution in [-0.2, 0) is 12.8 Å². The number of ether oxygens (including phenoxy) is 1. The molecule has 88 valence electrons. The molecule has 1 aliphatic rings. The highest BCUT2D eigenvalue weighted by Crippen LogP contribution is 2.31. The Balaban J connectivity index is 2.20. The van der Waals surface area contributed by atoms with Crippen molar-refractivity contribution in [1.29, 1.82) is 0 Å². The summed E-state index contributed by atoms with van der Waals surface area (Å²) in [5.74, 6) is 0.654. The van der Waals surface area contributed by atoms with E-state index in [9.17, 15) is 4.39 Å². The van der Waals surface area contributed by atoms with Crippen LogP contribution in [0.3, 0.4) is 0 Å². The Labute approximate surface area is 95.6 Å². The van der Waals surface area contributed by atoms with Crippen molar-refractivity contribution < 1.29 is 9.13 Å². The minimum atomic E-state index is -0.141. The largest absolute Gasteiger partial charge is 0.493 e. The third-order valence-corrected chi connectivity index (χ3v) is 3.00. The van der Waals surface area contributed by atoms with E-state index in [4.69, 9.17) is 10.5 Å². The van der Waals surface area contributed by atoms with Crippen molar-refractivity contribution in [3.05, 3.63) is 29.1 Å². The number of nitrogens with two attached hydrogens (primary N) is 1. The van der Waals surface area contributed by atoms with Gasteiger partial charge in [-0.3, -0.25) is 0 Å². The standard InChI is InChI=1S/C13H18FNO/c14-12-7-6-10-4-3-9-16-13(10)11(12)5-1-2-8-15/h6-7H,1-5,8-9,15H2. The predicted octanol–water partition coefficient (Wildman–Crippen LogP) is 2.43. The number of hydrogen-bond acceptors (Lipinski definition) is 2. The van der Waals surface area contributed by atoms with E-state index in [-0.39, 0.29) is 5.82 Å². The summed E-state index contributed by atoms with van der Waals surface area (Å²) < 4.78 is 19.3. The monoisotopic (exact) mass is 223 g/mol. The van der Waals surface area contributed by atoms with Gasteiger partial charge in [0.1, 0.15) is 11.6 Å². The maximum absolute atomic E-state index is 13.7. The van der Waals surface area contributed by atoms with Gasteiger partial charge >= 0.3 is 0 Å². The Morgan fingerprint density at radius 1 is 1.31 bits per heavy atom. The first kappa shape index (κ1) is 11.4. The van der Waals surface area contributed by atoms with Crippen LogP contribution in [0.5, 0.6) is 5.75 Å². The normalized spacial score (nSPS) is 14.4. The average Bonchev–Trinajstić information content (AvgIpc) is 2.32. The summed E-state index contributed by atoms with van der Waals surface area (Å²) in [6, 6.07) is 3.40. The molecule has 0 radical (unpaired) electrons. The van der Waals surface area contributed by atoms with Crippen molar-refractivity contribution in [1.82, 2.24) is 0 Å². The lowest BCUT2D eigenvalue weighted by atomic mass is 9.98. The first-order valence-corrected chi connectivity index (χ1v) is 5.96. The van der Waals surface area contributed by atoms with Gasteiger partial charge in [0.2, 0.25) is 0 Å². The molecule has 0 unspecified atom stereocenters. The fourth-order valence-electron chi connectivity index (χ4n) is 2.14. The van der Waals surface area contributed by atoms with Crippen LogP contribution >= 0.6 is 0 Å². The number of benzene rings is 1. The lowest BCUT2D eigenvalue weighted by molar-refractivity contribution is 0.282. The summed E-state index contributed by atoms with van der Waals surface area (Å²) in [6.07, 6.45) is 4.61. The van der Waals surface area contributed by atoms with E-state index in [0.717, 1.165) is 49.0 Å². The fraction of sp³-hybridized carbons (Fsp3) is 0.538. The van der Waals surface area contributed by atoms with Gasteiger partial charge in [-0.2, -0.15) is 0 Å². The summed E-state index contributed by atoms with van der Waals surface area (Å²) in [5, 5.41) is 0. The zero-order chi connectivity index (χ0) is 11.4. The number of fused-ring (bicyclic) bond motifs is 1. The van der Waals surface area contributed by atoms with E-state index in [0.29, 0.717) is 13.2 Å². The fourth-order valence-corrected chi connectivity index (χ4v) is 2.14. The van der Waals surface area contributed by atoms with Crippen LogP contribution in [0, 0.1) is 5.82 Å². The molecule has 0 fully saturated rings. The Hall–Kier alpha value is -1.09. The summed E-state index contributed by atoms with van der Waals surface area (Å²) in [4.78, 5) is 0. The minimum Gasteiger partial charge on any atom is -0.493 e. The van der Waals surface area contributed by atoms with Crippen molar-refractivity contribution in [2.45, 2.75) is 32.1 Å². The van der Waals surface area contributed by atoms with Crippen LogP contribution in [0.1, 0.15) is 30.4 Å². The summed E-state index contributed by atoms with van der Waals surface area (Å²) in [5.41, 5.74) is 7.33. The van der Waals surface area contributed by atoms with Crippen molar-refractivity contribution in [3.63, 3.8) is 0 Å². The van der Waals surface area contributed by atoms with Crippen LogP contribution in [-0.4, -0.2) is 13.2 Å². The van der Waals surface area contributed by atoms with Gasteiger partial charge in [0, 0.05) is 5.56 Å². The number of rotatable bonds is 4. The lowest BCUT2D eigenvalue weighted by Crippen LogP contribution is -2.12. The minimum absolute atomic E-state index is 0.141. The molecule has 2 N–H and O–H groups in total. The second-order valence-corrected chi connectivity index (χ2v) is 4.21. The lowest BCUT2D eigenvalue weighted by Gasteiger charge is -2.20. The van der Waals surface area contributed by atoms with E-state index in [2.05, 4.69) is 0 Å². The quantitative estimate of drug-likeness (QED) is 0.796. The summed E-state index contributed by atoms with van der Waals surface area (Å²) in [7, 11) is 0. The van der Waals surface area contributed by atoms with Crippen LogP contribution in [0.4, 0.5) is 4.39 Å². The van der Waals surface area contributed by atoms with E-state index < -0.39 is 0 Å². The number of aryl methyl sites for hydroxylation is 1. The van der Waals surface area contributed by atoms with Crippen molar-refractivity contribution in [3.8, 4) is 5.75 Å².